The summed E-state index contributed by atoms with van der Waals surface area (Å²) in [6.45, 7) is 2.57. The summed E-state index contributed by atoms with van der Waals surface area (Å²) in [5.74, 6) is -0.582. The van der Waals surface area contributed by atoms with Gasteiger partial charge in [0.2, 0.25) is 0 Å². The Morgan fingerprint density at radius 1 is 1.05 bits per heavy atom. The highest BCUT2D eigenvalue weighted by molar-refractivity contribution is 5.88. The fraction of sp³-hybridized carbons (Fsp3) is 0.222. The third kappa shape index (κ3) is 6.27. The molecule has 0 radical (unpaired) electrons. The van der Waals surface area contributed by atoms with Gasteiger partial charge in [0, 0.05) is 23.7 Å². The second-order valence-electron chi connectivity index (χ2n) is 8.31. The molecule has 0 aliphatic rings. The highest BCUT2D eigenvalue weighted by Crippen LogP contribution is 2.33. The van der Waals surface area contributed by atoms with Crippen molar-refractivity contribution in [3.8, 4) is 22.8 Å². The van der Waals surface area contributed by atoms with Crippen molar-refractivity contribution in [2.75, 3.05) is 19.0 Å². The number of methoxy groups -OCH3 is 1. The van der Waals surface area contributed by atoms with Gasteiger partial charge in [0.25, 0.3) is 0 Å². The molecule has 3 aromatic carbocycles. The van der Waals surface area contributed by atoms with Crippen molar-refractivity contribution in [3.63, 3.8) is 0 Å². The van der Waals surface area contributed by atoms with Crippen LogP contribution in [0.2, 0.25) is 0 Å². The van der Waals surface area contributed by atoms with Gasteiger partial charge in [-0.2, -0.15) is 0 Å². The van der Waals surface area contributed by atoms with Crippen molar-refractivity contribution in [1.29, 1.82) is 0 Å². The molecule has 0 atom stereocenters. The number of hydrogen-bond donors (Lipinski definition) is 2. The molecule has 0 amide bonds. The molecule has 1 aromatic heterocycles. The lowest BCUT2D eigenvalue weighted by Crippen LogP contribution is -2.18. The Morgan fingerprint density at radius 3 is 2.57 bits per heavy atom. The van der Waals surface area contributed by atoms with E-state index in [1.165, 1.54) is 18.5 Å². The van der Waals surface area contributed by atoms with Crippen molar-refractivity contribution in [3.05, 3.63) is 77.6 Å². The van der Waals surface area contributed by atoms with Crippen LogP contribution in [0.4, 0.5) is 19.0 Å². The zero-order chi connectivity index (χ0) is 26.6. The van der Waals surface area contributed by atoms with E-state index in [4.69, 9.17) is 9.84 Å². The standard InChI is InChI=1S/C27H24F3N3O4/c1-16-20-6-4-3-5-17(20)11-24(36-2)21(16)9-10-31-25-14-22(32-15-33-25)18-7-8-19(13-26(34)35)23(12-18)37-27(28,29)30/h3-8,11-12,14-15H,9-10,13H2,1-2H3,(H,34,35)(H,31,32,33). The van der Waals surface area contributed by atoms with Crippen LogP contribution in [0.15, 0.2) is 60.9 Å². The van der Waals surface area contributed by atoms with Crippen LogP contribution in [-0.2, 0) is 17.6 Å². The highest BCUT2D eigenvalue weighted by atomic mass is 19.4. The monoisotopic (exact) mass is 511 g/mol. The van der Waals surface area contributed by atoms with E-state index in [1.807, 2.05) is 24.3 Å². The summed E-state index contributed by atoms with van der Waals surface area (Å²) in [7, 11) is 1.63. The SMILES string of the molecule is COc1cc2ccccc2c(C)c1CCNc1cc(-c2ccc(CC(=O)O)c(OC(F)(F)F)c2)ncn1. The predicted octanol–water partition coefficient (Wildman–Crippen LogP) is 5.79. The minimum Gasteiger partial charge on any atom is -0.496 e. The number of hydrogen-bond acceptors (Lipinski definition) is 6. The van der Waals surface area contributed by atoms with Crippen molar-refractivity contribution in [2.24, 2.45) is 0 Å². The first kappa shape index (κ1) is 25.7. The maximum absolute atomic E-state index is 12.9. The van der Waals surface area contributed by atoms with Gasteiger partial charge in [0.1, 0.15) is 23.6 Å². The number of anilines is 1. The Balaban J connectivity index is 1.54. The molecule has 4 aromatic rings. The van der Waals surface area contributed by atoms with E-state index in [1.54, 1.807) is 13.2 Å². The van der Waals surface area contributed by atoms with E-state index >= 15 is 0 Å². The van der Waals surface area contributed by atoms with E-state index in [9.17, 15) is 18.0 Å². The van der Waals surface area contributed by atoms with E-state index in [2.05, 4.69) is 33.0 Å². The topological polar surface area (TPSA) is 93.6 Å². The maximum Gasteiger partial charge on any atom is 0.573 e. The van der Waals surface area contributed by atoms with Gasteiger partial charge in [-0.1, -0.05) is 36.4 Å². The lowest BCUT2D eigenvalue weighted by molar-refractivity contribution is -0.274. The first-order valence-electron chi connectivity index (χ1n) is 11.4. The molecule has 0 unspecified atom stereocenters. The predicted molar refractivity (Wildman–Crippen MR) is 133 cm³/mol. The molecular weight excluding hydrogens is 487 g/mol. The van der Waals surface area contributed by atoms with E-state index in [-0.39, 0.29) is 5.56 Å². The summed E-state index contributed by atoms with van der Waals surface area (Å²) < 4.78 is 48.4. The average molecular weight is 512 g/mol. The summed E-state index contributed by atoms with van der Waals surface area (Å²) >= 11 is 0. The number of nitrogens with zero attached hydrogens (tertiary/aromatic N) is 2. The van der Waals surface area contributed by atoms with Crippen LogP contribution in [0, 0.1) is 6.92 Å². The molecule has 2 N–H and O–H groups in total. The number of halogens is 3. The van der Waals surface area contributed by atoms with Crippen molar-refractivity contribution >= 4 is 22.6 Å². The van der Waals surface area contributed by atoms with Gasteiger partial charge < -0.3 is 19.9 Å². The Labute approximate surface area is 210 Å². The molecule has 4 rings (SSSR count). The first-order chi connectivity index (χ1) is 17.6. The minimum absolute atomic E-state index is 0.0966. The minimum atomic E-state index is -4.97. The fourth-order valence-electron chi connectivity index (χ4n) is 4.20. The van der Waals surface area contributed by atoms with Crippen molar-refractivity contribution in [1.82, 2.24) is 9.97 Å². The number of nitrogens with one attached hydrogen (secondary N) is 1. The van der Waals surface area contributed by atoms with E-state index in [0.29, 0.717) is 30.0 Å². The molecule has 0 aliphatic carbocycles. The Morgan fingerprint density at radius 2 is 1.84 bits per heavy atom. The summed E-state index contributed by atoms with van der Waals surface area (Å²) in [5, 5.41) is 14.5. The maximum atomic E-state index is 12.9. The number of ether oxygens (including phenoxy) is 2. The largest absolute Gasteiger partial charge is 0.573 e. The number of carbonyl (C=O) groups is 1. The van der Waals surface area contributed by atoms with Gasteiger partial charge in [-0.05, 0) is 47.4 Å². The number of alkyl halides is 3. The van der Waals surface area contributed by atoms with Gasteiger partial charge in [-0.15, -0.1) is 13.2 Å². The van der Waals surface area contributed by atoms with E-state index < -0.39 is 24.5 Å². The smallest absolute Gasteiger partial charge is 0.496 e. The Hall–Kier alpha value is -4.34. The van der Waals surface area contributed by atoms with Gasteiger partial charge in [-0.3, -0.25) is 4.79 Å². The fourth-order valence-corrected chi connectivity index (χ4v) is 4.20. The van der Waals surface area contributed by atoms with Crippen LogP contribution >= 0.6 is 0 Å². The molecule has 1 heterocycles. The number of rotatable bonds is 9. The molecular formula is C27H24F3N3O4. The van der Waals surface area contributed by atoms with Gasteiger partial charge in [0.05, 0.1) is 19.2 Å². The Bertz CT molecular complexity index is 1440. The van der Waals surface area contributed by atoms with Crippen LogP contribution in [-0.4, -0.2) is 41.1 Å². The van der Waals surface area contributed by atoms with Crippen LogP contribution in [0.5, 0.6) is 11.5 Å². The molecule has 192 valence electrons. The van der Waals surface area contributed by atoms with Gasteiger partial charge >= 0.3 is 12.3 Å². The third-order valence-corrected chi connectivity index (χ3v) is 5.90. The number of aromatic nitrogens is 2. The second kappa shape index (κ2) is 10.7. The number of carboxylic acids is 1. The number of carboxylic acid groups (broad SMARTS) is 1. The molecule has 0 bridgehead atoms. The number of aryl methyl sites for hydroxylation is 1. The van der Waals surface area contributed by atoms with Crippen molar-refractivity contribution in [2.45, 2.75) is 26.1 Å². The molecule has 0 saturated heterocycles. The summed E-state index contributed by atoms with van der Waals surface area (Å²) in [4.78, 5) is 19.4. The van der Waals surface area contributed by atoms with E-state index in [0.717, 1.165) is 33.7 Å². The lowest BCUT2D eigenvalue weighted by atomic mass is 9.97. The molecule has 0 saturated carbocycles. The number of benzene rings is 3. The van der Waals surface area contributed by atoms with Gasteiger partial charge in [-0.25, -0.2) is 9.97 Å². The van der Waals surface area contributed by atoms with Crippen LogP contribution in [0.25, 0.3) is 22.0 Å². The zero-order valence-corrected chi connectivity index (χ0v) is 20.1. The van der Waals surface area contributed by atoms with Crippen LogP contribution in [0.1, 0.15) is 16.7 Å². The highest BCUT2D eigenvalue weighted by Gasteiger charge is 2.32. The van der Waals surface area contributed by atoms with Crippen LogP contribution in [0.3, 0.4) is 0 Å². The molecule has 0 fully saturated rings. The number of fused-ring (bicyclic) bond motifs is 1. The van der Waals surface area contributed by atoms with Crippen molar-refractivity contribution < 1.29 is 32.5 Å². The second-order valence-corrected chi connectivity index (χ2v) is 8.31. The third-order valence-electron chi connectivity index (χ3n) is 5.90. The lowest BCUT2D eigenvalue weighted by Gasteiger charge is -2.16. The summed E-state index contributed by atoms with van der Waals surface area (Å²) in [5.41, 5.74) is 2.77. The molecule has 0 aliphatic heterocycles. The molecule has 0 spiro atoms. The Kier molecular flexibility index (Phi) is 7.47. The van der Waals surface area contributed by atoms with Crippen LogP contribution < -0.4 is 14.8 Å². The summed E-state index contributed by atoms with van der Waals surface area (Å²) in [6, 6.07) is 15.6. The van der Waals surface area contributed by atoms with Gasteiger partial charge in [0.15, 0.2) is 0 Å². The first-order valence-corrected chi connectivity index (χ1v) is 11.4. The normalized spacial score (nSPS) is 11.4. The quantitative estimate of drug-likeness (QED) is 0.294. The molecule has 37 heavy (non-hydrogen) atoms. The summed E-state index contributed by atoms with van der Waals surface area (Å²) in [6.07, 6.45) is -3.63. The zero-order valence-electron chi connectivity index (χ0n) is 20.1. The average Bonchev–Trinajstić information content (AvgIpc) is 2.85. The molecule has 10 heteroatoms. The number of aliphatic carboxylic acids is 1. The molecule has 7 nitrogen and oxygen atoms in total.